The van der Waals surface area contributed by atoms with Crippen LogP contribution in [-0.2, 0) is 4.74 Å². The number of carbonyl (C=O) groups is 1. The SMILES string of the molecule is O=C1OC2(CCCCC2)CN1c1cc(C2CCCNC2)ccn1. The number of pyridine rings is 1. The van der Waals surface area contributed by atoms with Gasteiger partial charge in [-0.05, 0) is 68.7 Å². The fourth-order valence-corrected chi connectivity index (χ4v) is 4.23. The summed E-state index contributed by atoms with van der Waals surface area (Å²) in [5, 5.41) is 3.45. The van der Waals surface area contributed by atoms with Gasteiger partial charge in [-0.1, -0.05) is 6.42 Å². The summed E-state index contributed by atoms with van der Waals surface area (Å²) in [4.78, 5) is 18.6. The molecule has 1 aromatic rings. The van der Waals surface area contributed by atoms with Crippen molar-refractivity contribution in [3.8, 4) is 0 Å². The van der Waals surface area contributed by atoms with Gasteiger partial charge >= 0.3 is 6.09 Å². The molecule has 1 amide bonds. The van der Waals surface area contributed by atoms with Crippen molar-refractivity contribution in [2.24, 2.45) is 0 Å². The van der Waals surface area contributed by atoms with Gasteiger partial charge in [0.05, 0.1) is 6.54 Å². The van der Waals surface area contributed by atoms with Gasteiger partial charge in [0.15, 0.2) is 0 Å². The smallest absolute Gasteiger partial charge is 0.416 e. The molecule has 1 saturated carbocycles. The van der Waals surface area contributed by atoms with Crippen LogP contribution in [0, 0.1) is 0 Å². The third-order valence-electron chi connectivity index (χ3n) is 5.55. The molecule has 1 aliphatic carbocycles. The summed E-state index contributed by atoms with van der Waals surface area (Å²) in [7, 11) is 0. The molecule has 1 N–H and O–H groups in total. The lowest BCUT2D eigenvalue weighted by Crippen LogP contribution is -2.36. The largest absolute Gasteiger partial charge is 0.441 e. The fourth-order valence-electron chi connectivity index (χ4n) is 4.23. The molecule has 1 atom stereocenters. The maximum atomic E-state index is 12.4. The zero-order chi connectivity index (χ0) is 15.7. The van der Waals surface area contributed by atoms with Crippen LogP contribution in [0.4, 0.5) is 10.6 Å². The molecule has 1 aromatic heterocycles. The summed E-state index contributed by atoms with van der Waals surface area (Å²) in [6.45, 7) is 2.78. The molecule has 4 rings (SSSR count). The normalized spacial score (nSPS) is 27.2. The molecule has 5 nitrogen and oxygen atoms in total. The average molecular weight is 315 g/mol. The van der Waals surface area contributed by atoms with E-state index in [2.05, 4.69) is 22.4 Å². The van der Waals surface area contributed by atoms with Gasteiger partial charge in [0.25, 0.3) is 0 Å². The quantitative estimate of drug-likeness (QED) is 0.910. The number of aromatic nitrogens is 1. The molecule has 23 heavy (non-hydrogen) atoms. The van der Waals surface area contributed by atoms with Crippen molar-refractivity contribution in [3.05, 3.63) is 23.9 Å². The van der Waals surface area contributed by atoms with Gasteiger partial charge in [-0.3, -0.25) is 4.90 Å². The van der Waals surface area contributed by atoms with E-state index in [0.717, 1.165) is 44.6 Å². The molecule has 3 aliphatic rings. The lowest BCUT2D eigenvalue weighted by molar-refractivity contribution is 0.0260. The second-order valence-corrected chi connectivity index (χ2v) is 7.19. The number of rotatable bonds is 2. The van der Waals surface area contributed by atoms with Crippen LogP contribution >= 0.6 is 0 Å². The number of nitrogens with one attached hydrogen (secondary N) is 1. The Morgan fingerprint density at radius 2 is 2.13 bits per heavy atom. The van der Waals surface area contributed by atoms with E-state index in [4.69, 9.17) is 4.74 Å². The first-order chi connectivity index (χ1) is 11.3. The summed E-state index contributed by atoms with van der Waals surface area (Å²) >= 11 is 0. The van der Waals surface area contributed by atoms with Crippen LogP contribution in [-0.4, -0.2) is 36.3 Å². The fraction of sp³-hybridized carbons (Fsp3) is 0.667. The maximum Gasteiger partial charge on any atom is 0.416 e. The van der Waals surface area contributed by atoms with Crippen molar-refractivity contribution >= 4 is 11.9 Å². The lowest BCUT2D eigenvalue weighted by Gasteiger charge is -2.30. The van der Waals surface area contributed by atoms with E-state index in [9.17, 15) is 4.79 Å². The minimum absolute atomic E-state index is 0.224. The predicted molar refractivity (Wildman–Crippen MR) is 88.7 cm³/mol. The van der Waals surface area contributed by atoms with Crippen molar-refractivity contribution in [1.29, 1.82) is 0 Å². The monoisotopic (exact) mass is 315 g/mol. The standard InChI is InChI=1S/C18H25N3O2/c22-17-21(13-18(23-17)7-2-1-3-8-18)16-11-14(6-10-20-16)15-5-4-9-19-12-15/h6,10-11,15,19H,1-5,7-9,12-13H2. The summed E-state index contributed by atoms with van der Waals surface area (Å²) in [5.74, 6) is 1.27. The molecular weight excluding hydrogens is 290 g/mol. The third kappa shape index (κ3) is 2.94. The average Bonchev–Trinajstić information content (AvgIpc) is 2.92. The van der Waals surface area contributed by atoms with E-state index in [-0.39, 0.29) is 11.7 Å². The Morgan fingerprint density at radius 3 is 2.91 bits per heavy atom. The Bertz CT molecular complexity index is 577. The highest BCUT2D eigenvalue weighted by molar-refractivity contribution is 5.89. The van der Waals surface area contributed by atoms with Crippen LogP contribution in [0.25, 0.3) is 0 Å². The molecule has 2 saturated heterocycles. The Hall–Kier alpha value is -1.62. The first kappa shape index (κ1) is 14.9. The first-order valence-electron chi connectivity index (χ1n) is 8.93. The molecule has 5 heteroatoms. The van der Waals surface area contributed by atoms with E-state index in [1.54, 1.807) is 4.90 Å². The van der Waals surface area contributed by atoms with Gasteiger partial charge in [-0.15, -0.1) is 0 Å². The molecule has 0 bridgehead atoms. The predicted octanol–water partition coefficient (Wildman–Crippen LogP) is 3.21. The summed E-state index contributed by atoms with van der Waals surface area (Å²) in [6.07, 6.45) is 9.55. The summed E-state index contributed by atoms with van der Waals surface area (Å²) in [6, 6.07) is 4.17. The van der Waals surface area contributed by atoms with E-state index in [1.165, 1.54) is 24.8 Å². The highest BCUT2D eigenvalue weighted by atomic mass is 16.6. The number of ether oxygens (including phenoxy) is 1. The van der Waals surface area contributed by atoms with Crippen LogP contribution in [0.2, 0.25) is 0 Å². The molecule has 3 fully saturated rings. The van der Waals surface area contributed by atoms with Crippen molar-refractivity contribution in [3.63, 3.8) is 0 Å². The van der Waals surface area contributed by atoms with Crippen LogP contribution in [0.15, 0.2) is 18.3 Å². The second kappa shape index (κ2) is 6.11. The number of hydrogen-bond acceptors (Lipinski definition) is 4. The van der Waals surface area contributed by atoms with Gasteiger partial charge < -0.3 is 10.1 Å². The van der Waals surface area contributed by atoms with E-state index in [1.807, 2.05) is 6.20 Å². The van der Waals surface area contributed by atoms with Crippen molar-refractivity contribution < 1.29 is 9.53 Å². The van der Waals surface area contributed by atoms with Crippen LogP contribution in [0.5, 0.6) is 0 Å². The maximum absolute atomic E-state index is 12.4. The molecule has 0 radical (unpaired) electrons. The van der Waals surface area contributed by atoms with Crippen LogP contribution < -0.4 is 10.2 Å². The third-order valence-corrected chi connectivity index (χ3v) is 5.55. The minimum Gasteiger partial charge on any atom is -0.441 e. The molecular formula is C18H25N3O2. The lowest BCUT2D eigenvalue weighted by atomic mass is 9.85. The molecule has 3 heterocycles. The number of amides is 1. The number of anilines is 1. The van der Waals surface area contributed by atoms with Gasteiger partial charge in [0.2, 0.25) is 0 Å². The molecule has 0 aromatic carbocycles. The van der Waals surface area contributed by atoms with Crippen molar-refractivity contribution in [2.75, 3.05) is 24.5 Å². The molecule has 124 valence electrons. The second-order valence-electron chi connectivity index (χ2n) is 7.19. The van der Waals surface area contributed by atoms with E-state index in [0.29, 0.717) is 12.5 Å². The van der Waals surface area contributed by atoms with Crippen molar-refractivity contribution in [2.45, 2.75) is 56.5 Å². The Kier molecular flexibility index (Phi) is 3.97. The zero-order valence-corrected chi connectivity index (χ0v) is 13.6. The van der Waals surface area contributed by atoms with Gasteiger partial charge in [-0.25, -0.2) is 9.78 Å². The number of piperidine rings is 1. The Balaban J connectivity index is 1.54. The highest BCUT2D eigenvalue weighted by Gasteiger charge is 2.46. The van der Waals surface area contributed by atoms with E-state index < -0.39 is 0 Å². The van der Waals surface area contributed by atoms with Crippen LogP contribution in [0.1, 0.15) is 56.4 Å². The van der Waals surface area contributed by atoms with Gasteiger partial charge in [0, 0.05) is 12.7 Å². The summed E-state index contributed by atoms with van der Waals surface area (Å²) < 4.78 is 5.78. The molecule has 1 spiro atoms. The topological polar surface area (TPSA) is 54.5 Å². The highest BCUT2D eigenvalue weighted by Crippen LogP contribution is 2.38. The Labute approximate surface area is 137 Å². The zero-order valence-electron chi connectivity index (χ0n) is 13.6. The number of carbonyl (C=O) groups excluding carboxylic acids is 1. The van der Waals surface area contributed by atoms with Gasteiger partial charge in [0.1, 0.15) is 11.4 Å². The molecule has 2 aliphatic heterocycles. The van der Waals surface area contributed by atoms with Crippen molar-refractivity contribution in [1.82, 2.24) is 10.3 Å². The Morgan fingerprint density at radius 1 is 1.26 bits per heavy atom. The number of hydrogen-bond donors (Lipinski definition) is 1. The van der Waals surface area contributed by atoms with Crippen LogP contribution in [0.3, 0.4) is 0 Å². The minimum atomic E-state index is -0.264. The van der Waals surface area contributed by atoms with E-state index >= 15 is 0 Å². The first-order valence-corrected chi connectivity index (χ1v) is 8.93. The summed E-state index contributed by atoms with van der Waals surface area (Å²) in [5.41, 5.74) is 1.01. The number of nitrogens with zero attached hydrogens (tertiary/aromatic N) is 2. The molecule has 1 unspecified atom stereocenters. The van der Waals surface area contributed by atoms with Gasteiger partial charge in [-0.2, -0.15) is 0 Å².